The molecule has 0 aliphatic carbocycles. The van der Waals surface area contributed by atoms with Gasteiger partial charge in [-0.05, 0) is 24.5 Å². The number of aromatic nitrogens is 1. The second-order valence-electron chi connectivity index (χ2n) is 1.48. The minimum absolute atomic E-state index is 0.905. The van der Waals surface area contributed by atoms with Crippen LogP contribution in [0.3, 0.4) is 0 Å². The Morgan fingerprint density at radius 2 is 2.62 bits per heavy atom. The molecule has 0 spiro atoms. The highest BCUT2D eigenvalue weighted by atomic mass is 32.1. The van der Waals surface area contributed by atoms with E-state index < -0.39 is 0 Å². The van der Waals surface area contributed by atoms with Crippen molar-refractivity contribution in [1.82, 2.24) is 4.37 Å². The monoisotopic (exact) mass is 129 g/mol. The van der Waals surface area contributed by atoms with Crippen LogP contribution in [0.25, 0.3) is 0 Å². The van der Waals surface area contributed by atoms with Gasteiger partial charge in [0.2, 0.25) is 0 Å². The van der Waals surface area contributed by atoms with E-state index in [1.165, 1.54) is 11.5 Å². The topological polar surface area (TPSA) is 50.9 Å². The zero-order chi connectivity index (χ0) is 5.98. The van der Waals surface area contributed by atoms with Crippen LogP contribution in [0.5, 0.6) is 0 Å². The fourth-order valence-corrected chi connectivity index (χ4v) is 1.00. The maximum absolute atomic E-state index is 5.08. The van der Waals surface area contributed by atoms with E-state index in [9.17, 15) is 0 Å². The summed E-state index contributed by atoms with van der Waals surface area (Å²) in [6.07, 6.45) is 0. The highest BCUT2D eigenvalue weighted by Crippen LogP contribution is 2.12. The number of nitrogens with zero attached hydrogens (tertiary/aromatic N) is 1. The normalized spacial score (nSPS) is 9.25. The Morgan fingerprint density at radius 1 is 1.88 bits per heavy atom. The van der Waals surface area contributed by atoms with Gasteiger partial charge in [0.25, 0.3) is 0 Å². The number of nitrogens with one attached hydrogen (secondary N) is 1. The molecule has 0 saturated carbocycles. The van der Waals surface area contributed by atoms with Gasteiger partial charge in [-0.3, -0.25) is 0 Å². The lowest BCUT2D eigenvalue weighted by Gasteiger charge is -1.85. The standard InChI is InChI=1S/C4H7N3S/c1-3-2-4(6-5)8-7-3/h2,6H,5H2,1H3. The molecule has 0 radical (unpaired) electrons. The summed E-state index contributed by atoms with van der Waals surface area (Å²) in [5.74, 6) is 5.08. The van der Waals surface area contributed by atoms with Crippen LogP contribution in [0.1, 0.15) is 5.69 Å². The Labute approximate surface area is 51.7 Å². The molecule has 0 atom stereocenters. The number of hydrogen-bond donors (Lipinski definition) is 2. The summed E-state index contributed by atoms with van der Waals surface area (Å²) in [5.41, 5.74) is 3.51. The first kappa shape index (κ1) is 5.53. The minimum atomic E-state index is 0.905. The maximum atomic E-state index is 5.08. The summed E-state index contributed by atoms with van der Waals surface area (Å²) >= 11 is 1.36. The van der Waals surface area contributed by atoms with Crippen LogP contribution >= 0.6 is 11.5 Å². The Balaban J connectivity index is 2.84. The molecule has 44 valence electrons. The van der Waals surface area contributed by atoms with Crippen LogP contribution in [0, 0.1) is 6.92 Å². The number of nitrogens with two attached hydrogens (primary N) is 1. The Morgan fingerprint density at radius 3 is 2.88 bits per heavy atom. The number of nitrogen functional groups attached to an aromatic ring is 1. The molecule has 0 aliphatic rings. The van der Waals surface area contributed by atoms with Gasteiger partial charge < -0.3 is 5.43 Å². The second kappa shape index (κ2) is 2.11. The molecule has 3 N–H and O–H groups in total. The third-order valence-corrected chi connectivity index (χ3v) is 1.58. The maximum Gasteiger partial charge on any atom is 0.123 e. The molecule has 1 aromatic heterocycles. The summed E-state index contributed by atoms with van der Waals surface area (Å²) < 4.78 is 3.99. The first-order chi connectivity index (χ1) is 3.83. The highest BCUT2D eigenvalue weighted by Gasteiger charge is 1.91. The third kappa shape index (κ3) is 0.962. The number of rotatable bonds is 1. The predicted octanol–water partition coefficient (Wildman–Crippen LogP) is 0.737. The molecule has 1 heterocycles. The van der Waals surface area contributed by atoms with Crippen molar-refractivity contribution in [1.29, 1.82) is 0 Å². The van der Waals surface area contributed by atoms with Crippen molar-refractivity contribution < 1.29 is 0 Å². The van der Waals surface area contributed by atoms with Gasteiger partial charge in [-0.2, -0.15) is 4.37 Å². The van der Waals surface area contributed by atoms with Crippen LogP contribution in [0.2, 0.25) is 0 Å². The zero-order valence-electron chi connectivity index (χ0n) is 4.51. The van der Waals surface area contributed by atoms with Gasteiger partial charge in [-0.1, -0.05) is 0 Å². The first-order valence-corrected chi connectivity index (χ1v) is 3.00. The number of aryl methyl sites for hydroxylation is 1. The molecule has 0 aliphatic heterocycles. The van der Waals surface area contributed by atoms with Gasteiger partial charge in [-0.25, -0.2) is 5.84 Å². The molecule has 1 aromatic rings. The van der Waals surface area contributed by atoms with E-state index in [0.29, 0.717) is 0 Å². The van der Waals surface area contributed by atoms with Gasteiger partial charge in [0.1, 0.15) is 5.00 Å². The smallest absolute Gasteiger partial charge is 0.123 e. The van der Waals surface area contributed by atoms with Gasteiger partial charge in [0, 0.05) is 0 Å². The Kier molecular flexibility index (Phi) is 1.45. The molecule has 0 unspecified atom stereocenters. The van der Waals surface area contributed by atoms with Crippen molar-refractivity contribution in [2.75, 3.05) is 5.43 Å². The van der Waals surface area contributed by atoms with Crippen molar-refractivity contribution in [2.45, 2.75) is 6.92 Å². The minimum Gasteiger partial charge on any atom is -0.314 e. The predicted molar refractivity (Wildman–Crippen MR) is 34.7 cm³/mol. The fraction of sp³-hybridized carbons (Fsp3) is 0.250. The average Bonchev–Trinajstić information content (AvgIpc) is 2.14. The van der Waals surface area contributed by atoms with E-state index in [1.807, 2.05) is 13.0 Å². The second-order valence-corrected chi connectivity index (χ2v) is 2.28. The van der Waals surface area contributed by atoms with Crippen LogP contribution < -0.4 is 11.3 Å². The molecule has 3 nitrogen and oxygen atoms in total. The van der Waals surface area contributed by atoms with Crippen molar-refractivity contribution in [3.63, 3.8) is 0 Å². The Hall–Kier alpha value is -0.610. The van der Waals surface area contributed by atoms with Gasteiger partial charge in [0.05, 0.1) is 5.69 Å². The summed E-state index contributed by atoms with van der Waals surface area (Å²) in [7, 11) is 0. The summed E-state index contributed by atoms with van der Waals surface area (Å²) in [6.45, 7) is 1.93. The van der Waals surface area contributed by atoms with E-state index in [4.69, 9.17) is 5.84 Å². The molecule has 0 saturated heterocycles. The van der Waals surface area contributed by atoms with Crippen LogP contribution in [0.15, 0.2) is 6.07 Å². The van der Waals surface area contributed by atoms with Crippen LogP contribution in [0.4, 0.5) is 5.00 Å². The quantitative estimate of drug-likeness (QED) is 0.434. The molecule has 0 aromatic carbocycles. The number of hydrogen-bond acceptors (Lipinski definition) is 4. The lowest BCUT2D eigenvalue weighted by atomic mass is 10.5. The zero-order valence-corrected chi connectivity index (χ0v) is 5.33. The number of hydrazine groups is 1. The van der Waals surface area contributed by atoms with E-state index in [0.717, 1.165) is 10.7 Å². The summed E-state index contributed by atoms with van der Waals surface area (Å²) in [5, 5.41) is 0.905. The van der Waals surface area contributed by atoms with Crippen molar-refractivity contribution in [3.8, 4) is 0 Å². The molecule has 1 rings (SSSR count). The van der Waals surface area contributed by atoms with Gasteiger partial charge in [0.15, 0.2) is 0 Å². The highest BCUT2D eigenvalue weighted by molar-refractivity contribution is 7.10. The van der Waals surface area contributed by atoms with Crippen LogP contribution in [-0.2, 0) is 0 Å². The molecule has 0 amide bonds. The average molecular weight is 129 g/mol. The van der Waals surface area contributed by atoms with Crippen molar-refractivity contribution in [3.05, 3.63) is 11.8 Å². The molecule has 4 heteroatoms. The largest absolute Gasteiger partial charge is 0.314 e. The van der Waals surface area contributed by atoms with E-state index in [-0.39, 0.29) is 0 Å². The fourth-order valence-electron chi connectivity index (χ4n) is 0.432. The molecule has 0 fully saturated rings. The molecular weight excluding hydrogens is 122 g/mol. The molecule has 8 heavy (non-hydrogen) atoms. The van der Waals surface area contributed by atoms with Crippen molar-refractivity contribution in [2.24, 2.45) is 5.84 Å². The van der Waals surface area contributed by atoms with Gasteiger partial charge >= 0.3 is 0 Å². The van der Waals surface area contributed by atoms with E-state index >= 15 is 0 Å². The lowest BCUT2D eigenvalue weighted by Crippen LogP contribution is -2.04. The summed E-state index contributed by atoms with van der Waals surface area (Å²) in [6, 6.07) is 1.89. The van der Waals surface area contributed by atoms with Crippen LogP contribution in [-0.4, -0.2) is 4.37 Å². The number of anilines is 1. The van der Waals surface area contributed by atoms with E-state index in [1.54, 1.807) is 0 Å². The molecule has 0 bridgehead atoms. The van der Waals surface area contributed by atoms with Crippen molar-refractivity contribution >= 4 is 16.5 Å². The lowest BCUT2D eigenvalue weighted by molar-refractivity contribution is 1.33. The van der Waals surface area contributed by atoms with Gasteiger partial charge in [-0.15, -0.1) is 0 Å². The summed E-state index contributed by atoms with van der Waals surface area (Å²) in [4.78, 5) is 0. The van der Waals surface area contributed by atoms with E-state index in [2.05, 4.69) is 9.80 Å². The first-order valence-electron chi connectivity index (χ1n) is 2.23. The third-order valence-electron chi connectivity index (χ3n) is 0.770. The Bertz CT molecular complexity index is 172. The molecular formula is C4H7N3S. The SMILES string of the molecule is Cc1cc(NN)sn1.